The molecule has 1 aromatic rings. The summed E-state index contributed by atoms with van der Waals surface area (Å²) in [6.45, 7) is 1.06. The highest BCUT2D eigenvalue weighted by molar-refractivity contribution is 5.85. The van der Waals surface area contributed by atoms with Crippen LogP contribution in [0.5, 0.6) is 17.2 Å². The Labute approximate surface area is 108 Å². The van der Waals surface area contributed by atoms with Crippen molar-refractivity contribution in [3.05, 3.63) is 17.7 Å². The summed E-state index contributed by atoms with van der Waals surface area (Å²) in [5.74, 6) is 2.28. The lowest BCUT2D eigenvalue weighted by molar-refractivity contribution is 0.332. The van der Waals surface area contributed by atoms with E-state index in [1.807, 2.05) is 12.1 Å². The molecule has 0 unspecified atom stereocenters. The molecule has 1 heterocycles. The van der Waals surface area contributed by atoms with Crippen molar-refractivity contribution in [1.82, 2.24) is 5.32 Å². The molecule has 1 N–H and O–H groups in total. The number of benzene rings is 1. The van der Waals surface area contributed by atoms with Gasteiger partial charge in [-0.2, -0.15) is 0 Å². The van der Waals surface area contributed by atoms with Gasteiger partial charge in [0.1, 0.15) is 5.75 Å². The van der Waals surface area contributed by atoms with Crippen LogP contribution in [0.4, 0.5) is 0 Å². The number of hydrogen-bond acceptors (Lipinski definition) is 4. The molecule has 96 valence electrons. The molecular weight excluding hydrogens is 242 g/mol. The summed E-state index contributed by atoms with van der Waals surface area (Å²) in [5, 5.41) is 3.35. The van der Waals surface area contributed by atoms with Crippen molar-refractivity contribution in [3.8, 4) is 17.2 Å². The van der Waals surface area contributed by atoms with Crippen LogP contribution < -0.4 is 19.5 Å². The van der Waals surface area contributed by atoms with Gasteiger partial charge in [-0.05, 0) is 19.0 Å². The molecule has 1 aliphatic rings. The average Bonchev–Trinajstić information content (AvgIpc) is 2.26. The number of halogens is 1. The molecule has 0 saturated carbocycles. The van der Waals surface area contributed by atoms with Gasteiger partial charge in [0, 0.05) is 17.7 Å². The molecule has 2 rings (SSSR count). The molecule has 1 aromatic carbocycles. The third-order valence-corrected chi connectivity index (χ3v) is 2.94. The maximum absolute atomic E-state index is 5.37. The predicted octanol–water partition coefficient (Wildman–Crippen LogP) is 2.17. The lowest BCUT2D eigenvalue weighted by atomic mass is 9.96. The van der Waals surface area contributed by atoms with Gasteiger partial charge in [0.25, 0.3) is 0 Å². The fourth-order valence-corrected chi connectivity index (χ4v) is 1.88. The highest BCUT2D eigenvalue weighted by atomic mass is 35.5. The molecule has 5 heteroatoms. The first-order valence-electron chi connectivity index (χ1n) is 5.33. The fraction of sp³-hybridized carbons (Fsp3) is 0.500. The predicted molar refractivity (Wildman–Crippen MR) is 68.7 cm³/mol. The molecule has 1 aliphatic heterocycles. The Hall–Kier alpha value is -1.13. The van der Waals surface area contributed by atoms with E-state index >= 15 is 0 Å². The zero-order valence-corrected chi connectivity index (χ0v) is 11.1. The lowest BCUT2D eigenvalue weighted by Gasteiger charge is -2.29. The van der Waals surface area contributed by atoms with Crippen LogP contribution in [0, 0.1) is 0 Å². The Morgan fingerprint density at radius 1 is 1.00 bits per heavy atom. The number of nitrogens with one attached hydrogen (secondary N) is 1. The van der Waals surface area contributed by atoms with Crippen molar-refractivity contribution in [2.24, 2.45) is 0 Å². The Bertz CT molecular complexity index is 380. The highest BCUT2D eigenvalue weighted by Gasteiger charge is 2.24. The van der Waals surface area contributed by atoms with Gasteiger partial charge in [-0.25, -0.2) is 0 Å². The summed E-state index contributed by atoms with van der Waals surface area (Å²) < 4.78 is 15.9. The van der Waals surface area contributed by atoms with Crippen molar-refractivity contribution in [3.63, 3.8) is 0 Å². The van der Waals surface area contributed by atoms with Crippen LogP contribution in [0.25, 0.3) is 0 Å². The summed E-state index contributed by atoms with van der Waals surface area (Å²) in [6.07, 6.45) is 1.13. The Morgan fingerprint density at radius 3 is 1.94 bits per heavy atom. The van der Waals surface area contributed by atoms with E-state index in [1.165, 1.54) is 0 Å². The number of ether oxygens (including phenoxy) is 3. The Balaban J connectivity index is 0.00000144. The normalized spacial score (nSPS) is 17.7. The maximum Gasteiger partial charge on any atom is 0.164 e. The fourth-order valence-electron chi connectivity index (χ4n) is 1.88. The van der Waals surface area contributed by atoms with Gasteiger partial charge in [0.2, 0.25) is 0 Å². The molecule has 17 heavy (non-hydrogen) atoms. The zero-order chi connectivity index (χ0) is 11.5. The highest BCUT2D eigenvalue weighted by Crippen LogP contribution is 2.39. The number of hydrogen-bond donors (Lipinski definition) is 1. The number of methoxy groups -OCH3 is 3. The van der Waals surface area contributed by atoms with E-state index in [1.54, 1.807) is 21.3 Å². The molecule has 0 aromatic heterocycles. The molecule has 1 saturated heterocycles. The first-order chi connectivity index (χ1) is 7.80. The SMILES string of the molecule is COc1cc(OC)c([C@H]2CCN2)cc1OC.Cl. The Kier molecular flexibility index (Phi) is 4.90. The van der Waals surface area contributed by atoms with E-state index in [4.69, 9.17) is 14.2 Å². The molecule has 4 nitrogen and oxygen atoms in total. The van der Waals surface area contributed by atoms with Gasteiger partial charge in [-0.1, -0.05) is 0 Å². The number of rotatable bonds is 4. The first kappa shape index (κ1) is 13.9. The third-order valence-electron chi connectivity index (χ3n) is 2.94. The van der Waals surface area contributed by atoms with Crippen molar-refractivity contribution >= 4 is 12.4 Å². The summed E-state index contributed by atoms with van der Waals surface area (Å²) in [4.78, 5) is 0. The van der Waals surface area contributed by atoms with E-state index in [0.29, 0.717) is 11.8 Å². The molecule has 0 bridgehead atoms. The second kappa shape index (κ2) is 5.98. The van der Waals surface area contributed by atoms with Crippen LogP contribution in [0.15, 0.2) is 12.1 Å². The Morgan fingerprint density at radius 2 is 1.53 bits per heavy atom. The van der Waals surface area contributed by atoms with Crippen LogP contribution >= 0.6 is 12.4 Å². The maximum atomic E-state index is 5.37. The van der Waals surface area contributed by atoms with Gasteiger partial charge >= 0.3 is 0 Å². The van der Waals surface area contributed by atoms with Gasteiger partial charge in [0.15, 0.2) is 11.5 Å². The molecule has 0 aliphatic carbocycles. The van der Waals surface area contributed by atoms with Gasteiger partial charge < -0.3 is 19.5 Å². The van der Waals surface area contributed by atoms with Crippen LogP contribution in [0.3, 0.4) is 0 Å². The van der Waals surface area contributed by atoms with Gasteiger partial charge in [0.05, 0.1) is 21.3 Å². The van der Waals surface area contributed by atoms with Gasteiger partial charge in [-0.3, -0.25) is 0 Å². The summed E-state index contributed by atoms with van der Waals surface area (Å²) >= 11 is 0. The molecule has 0 spiro atoms. The molecule has 1 atom stereocenters. The van der Waals surface area contributed by atoms with Crippen LogP contribution in [-0.4, -0.2) is 27.9 Å². The quantitative estimate of drug-likeness (QED) is 0.900. The van der Waals surface area contributed by atoms with Crippen LogP contribution in [-0.2, 0) is 0 Å². The van der Waals surface area contributed by atoms with Crippen molar-refractivity contribution < 1.29 is 14.2 Å². The van der Waals surface area contributed by atoms with Crippen molar-refractivity contribution in [2.45, 2.75) is 12.5 Å². The van der Waals surface area contributed by atoms with E-state index < -0.39 is 0 Å². The summed E-state index contributed by atoms with van der Waals surface area (Å²) in [6, 6.07) is 4.22. The second-order valence-corrected chi connectivity index (χ2v) is 3.74. The minimum Gasteiger partial charge on any atom is -0.496 e. The summed E-state index contributed by atoms with van der Waals surface area (Å²) in [5.41, 5.74) is 1.13. The van der Waals surface area contributed by atoms with Crippen LogP contribution in [0.1, 0.15) is 18.0 Å². The monoisotopic (exact) mass is 259 g/mol. The second-order valence-electron chi connectivity index (χ2n) is 3.74. The van der Waals surface area contributed by atoms with Crippen LogP contribution in [0.2, 0.25) is 0 Å². The van der Waals surface area contributed by atoms with E-state index in [9.17, 15) is 0 Å². The first-order valence-corrected chi connectivity index (χ1v) is 5.33. The topological polar surface area (TPSA) is 39.7 Å². The third kappa shape index (κ3) is 2.58. The van der Waals surface area contributed by atoms with E-state index in [-0.39, 0.29) is 12.4 Å². The zero-order valence-electron chi connectivity index (χ0n) is 10.3. The smallest absolute Gasteiger partial charge is 0.164 e. The van der Waals surface area contributed by atoms with Gasteiger partial charge in [-0.15, -0.1) is 12.4 Å². The standard InChI is InChI=1S/C12H17NO3.ClH/c1-14-10-7-12(16-3)11(15-2)6-8(10)9-4-5-13-9;/h6-7,9,13H,4-5H2,1-3H3;1H/t9-;/m1./s1. The lowest BCUT2D eigenvalue weighted by Crippen LogP contribution is -2.35. The molecule has 0 amide bonds. The molecule has 0 radical (unpaired) electrons. The molecule has 1 fully saturated rings. The summed E-state index contributed by atoms with van der Waals surface area (Å²) in [7, 11) is 4.93. The molecular formula is C12H18ClNO3. The minimum atomic E-state index is 0. The van der Waals surface area contributed by atoms with E-state index in [2.05, 4.69) is 5.32 Å². The average molecular weight is 260 g/mol. The minimum absolute atomic E-state index is 0. The van der Waals surface area contributed by atoms with Crippen molar-refractivity contribution in [2.75, 3.05) is 27.9 Å². The van der Waals surface area contributed by atoms with E-state index in [0.717, 1.165) is 30.0 Å². The van der Waals surface area contributed by atoms with Crippen molar-refractivity contribution in [1.29, 1.82) is 0 Å². The largest absolute Gasteiger partial charge is 0.496 e.